The first-order chi connectivity index (χ1) is 11.0. The van der Waals surface area contributed by atoms with E-state index >= 15 is 0 Å². The molecular formula is C18H26N2O3. The molecule has 2 atom stereocenters. The highest BCUT2D eigenvalue weighted by molar-refractivity contribution is 6.39. The molecule has 2 amide bonds. The summed E-state index contributed by atoms with van der Waals surface area (Å²) in [5, 5.41) is 15.0. The summed E-state index contributed by atoms with van der Waals surface area (Å²) >= 11 is 0. The molecule has 1 aliphatic carbocycles. The Bertz CT molecular complexity index is 571. The largest absolute Gasteiger partial charge is 0.396 e. The molecule has 5 heteroatoms. The first-order valence-electron chi connectivity index (χ1n) is 8.31. The monoisotopic (exact) mass is 318 g/mol. The molecule has 0 saturated heterocycles. The lowest BCUT2D eigenvalue weighted by Crippen LogP contribution is -2.45. The number of aliphatic hydroxyl groups is 1. The van der Waals surface area contributed by atoms with E-state index in [0.717, 1.165) is 43.2 Å². The molecule has 0 radical (unpaired) electrons. The fourth-order valence-electron chi connectivity index (χ4n) is 3.08. The molecular weight excluding hydrogens is 292 g/mol. The van der Waals surface area contributed by atoms with E-state index in [4.69, 9.17) is 0 Å². The van der Waals surface area contributed by atoms with E-state index in [1.807, 2.05) is 32.0 Å². The molecule has 1 aromatic rings. The van der Waals surface area contributed by atoms with Gasteiger partial charge in [-0.2, -0.15) is 0 Å². The summed E-state index contributed by atoms with van der Waals surface area (Å²) in [6.45, 7) is 3.87. The molecule has 1 saturated carbocycles. The van der Waals surface area contributed by atoms with Gasteiger partial charge in [0.25, 0.3) is 0 Å². The Labute approximate surface area is 137 Å². The van der Waals surface area contributed by atoms with Gasteiger partial charge in [0.05, 0.1) is 0 Å². The summed E-state index contributed by atoms with van der Waals surface area (Å²) in [7, 11) is 0. The molecule has 126 valence electrons. The van der Waals surface area contributed by atoms with Crippen LogP contribution in [0.1, 0.15) is 43.2 Å². The van der Waals surface area contributed by atoms with Crippen molar-refractivity contribution in [3.8, 4) is 0 Å². The van der Waals surface area contributed by atoms with Gasteiger partial charge < -0.3 is 15.7 Å². The van der Waals surface area contributed by atoms with E-state index < -0.39 is 11.8 Å². The van der Waals surface area contributed by atoms with Gasteiger partial charge in [-0.3, -0.25) is 9.59 Å². The highest BCUT2D eigenvalue weighted by Crippen LogP contribution is 2.23. The zero-order valence-corrected chi connectivity index (χ0v) is 13.9. The van der Waals surface area contributed by atoms with Gasteiger partial charge in [0.15, 0.2) is 0 Å². The van der Waals surface area contributed by atoms with Crippen LogP contribution >= 0.6 is 0 Å². The maximum Gasteiger partial charge on any atom is 0.313 e. The number of benzene rings is 1. The normalized spacial score (nSPS) is 21.3. The standard InChI is InChI=1S/C18H26N2O3/c1-12-8-9-13(2)16(10-12)20-18(23)17(22)19-15-7-5-3-4-6-14(15)11-21/h8-10,14-15,21H,3-7,11H2,1-2H3,(H,19,22)(H,20,23). The van der Waals surface area contributed by atoms with Crippen molar-refractivity contribution in [2.75, 3.05) is 11.9 Å². The predicted octanol–water partition coefficient (Wildman–Crippen LogP) is 2.30. The highest BCUT2D eigenvalue weighted by atomic mass is 16.3. The molecule has 0 heterocycles. The summed E-state index contributed by atoms with van der Waals surface area (Å²) in [5.41, 5.74) is 2.60. The Hall–Kier alpha value is -1.88. The second-order valence-electron chi connectivity index (χ2n) is 6.43. The van der Waals surface area contributed by atoms with Crippen LogP contribution in [0.25, 0.3) is 0 Å². The number of nitrogens with one attached hydrogen (secondary N) is 2. The van der Waals surface area contributed by atoms with Crippen LogP contribution in [0.4, 0.5) is 5.69 Å². The van der Waals surface area contributed by atoms with Gasteiger partial charge >= 0.3 is 11.8 Å². The van der Waals surface area contributed by atoms with Crippen molar-refractivity contribution in [1.29, 1.82) is 0 Å². The Balaban J connectivity index is 1.98. The van der Waals surface area contributed by atoms with E-state index in [-0.39, 0.29) is 18.6 Å². The zero-order chi connectivity index (χ0) is 16.8. The minimum Gasteiger partial charge on any atom is -0.396 e. The number of hydrogen-bond acceptors (Lipinski definition) is 3. The SMILES string of the molecule is Cc1ccc(C)c(NC(=O)C(=O)NC2CCCCCC2CO)c1. The van der Waals surface area contributed by atoms with Crippen molar-refractivity contribution in [2.45, 2.75) is 52.0 Å². The van der Waals surface area contributed by atoms with Crippen molar-refractivity contribution in [2.24, 2.45) is 5.92 Å². The summed E-state index contributed by atoms with van der Waals surface area (Å²) in [6.07, 6.45) is 4.89. The number of hydrogen-bond donors (Lipinski definition) is 3. The average Bonchev–Trinajstić information content (AvgIpc) is 2.75. The second-order valence-corrected chi connectivity index (χ2v) is 6.43. The van der Waals surface area contributed by atoms with Crippen molar-refractivity contribution in [3.63, 3.8) is 0 Å². The van der Waals surface area contributed by atoms with Gasteiger partial charge in [0, 0.05) is 24.3 Å². The fraction of sp³-hybridized carbons (Fsp3) is 0.556. The highest BCUT2D eigenvalue weighted by Gasteiger charge is 2.26. The van der Waals surface area contributed by atoms with E-state index in [1.165, 1.54) is 0 Å². The third-order valence-electron chi connectivity index (χ3n) is 4.56. The van der Waals surface area contributed by atoms with Gasteiger partial charge in [-0.05, 0) is 43.9 Å². The number of amides is 2. The van der Waals surface area contributed by atoms with E-state index in [1.54, 1.807) is 0 Å². The van der Waals surface area contributed by atoms with Crippen LogP contribution in [-0.2, 0) is 9.59 Å². The molecule has 1 aromatic carbocycles. The van der Waals surface area contributed by atoms with Crippen molar-refractivity contribution < 1.29 is 14.7 Å². The molecule has 0 bridgehead atoms. The molecule has 0 spiro atoms. The third kappa shape index (κ3) is 4.79. The minimum absolute atomic E-state index is 0.0370. The number of rotatable bonds is 3. The Morgan fingerprint density at radius 3 is 2.61 bits per heavy atom. The molecule has 1 fully saturated rings. The molecule has 0 aromatic heterocycles. The molecule has 5 nitrogen and oxygen atoms in total. The lowest BCUT2D eigenvalue weighted by atomic mass is 9.95. The minimum atomic E-state index is -0.653. The van der Waals surface area contributed by atoms with Crippen LogP contribution in [0.5, 0.6) is 0 Å². The van der Waals surface area contributed by atoms with Gasteiger partial charge in [-0.25, -0.2) is 0 Å². The predicted molar refractivity (Wildman–Crippen MR) is 90.1 cm³/mol. The number of aliphatic hydroxyl groups excluding tert-OH is 1. The maximum absolute atomic E-state index is 12.2. The molecule has 3 N–H and O–H groups in total. The van der Waals surface area contributed by atoms with Gasteiger partial charge in [-0.1, -0.05) is 31.4 Å². The van der Waals surface area contributed by atoms with Gasteiger partial charge in [0.2, 0.25) is 0 Å². The fourth-order valence-corrected chi connectivity index (χ4v) is 3.08. The summed E-state index contributed by atoms with van der Waals surface area (Å²) in [5.74, 6) is -1.24. The number of carbonyl (C=O) groups is 2. The summed E-state index contributed by atoms with van der Waals surface area (Å²) in [6, 6.07) is 5.60. The Morgan fingerprint density at radius 2 is 1.87 bits per heavy atom. The van der Waals surface area contributed by atoms with Crippen molar-refractivity contribution >= 4 is 17.5 Å². The summed E-state index contributed by atoms with van der Waals surface area (Å²) < 4.78 is 0. The number of anilines is 1. The Kier molecular flexibility index (Phi) is 6.16. The topological polar surface area (TPSA) is 78.4 Å². The van der Waals surface area contributed by atoms with E-state index in [2.05, 4.69) is 10.6 Å². The Morgan fingerprint density at radius 1 is 1.13 bits per heavy atom. The quantitative estimate of drug-likeness (QED) is 0.591. The lowest BCUT2D eigenvalue weighted by Gasteiger charge is -2.24. The maximum atomic E-state index is 12.2. The van der Waals surface area contributed by atoms with Gasteiger partial charge in [-0.15, -0.1) is 0 Å². The smallest absolute Gasteiger partial charge is 0.313 e. The first kappa shape index (κ1) is 17.5. The van der Waals surface area contributed by atoms with Crippen LogP contribution < -0.4 is 10.6 Å². The molecule has 23 heavy (non-hydrogen) atoms. The molecule has 2 unspecified atom stereocenters. The van der Waals surface area contributed by atoms with Crippen LogP contribution in [-0.4, -0.2) is 29.6 Å². The average molecular weight is 318 g/mol. The van der Waals surface area contributed by atoms with Gasteiger partial charge in [0.1, 0.15) is 0 Å². The second kappa shape index (κ2) is 8.11. The number of carbonyl (C=O) groups excluding carboxylic acids is 2. The molecule has 0 aliphatic heterocycles. The van der Waals surface area contributed by atoms with E-state index in [0.29, 0.717) is 5.69 Å². The van der Waals surface area contributed by atoms with E-state index in [9.17, 15) is 14.7 Å². The molecule has 1 aliphatic rings. The van der Waals surface area contributed by atoms with Crippen molar-refractivity contribution in [3.05, 3.63) is 29.3 Å². The lowest BCUT2D eigenvalue weighted by molar-refractivity contribution is -0.137. The van der Waals surface area contributed by atoms with Crippen LogP contribution in [0.2, 0.25) is 0 Å². The first-order valence-corrected chi connectivity index (χ1v) is 8.31. The van der Waals surface area contributed by atoms with Crippen LogP contribution in [0.15, 0.2) is 18.2 Å². The summed E-state index contributed by atoms with van der Waals surface area (Å²) in [4.78, 5) is 24.3. The van der Waals surface area contributed by atoms with Crippen molar-refractivity contribution in [1.82, 2.24) is 5.32 Å². The zero-order valence-electron chi connectivity index (χ0n) is 13.9. The molecule has 2 rings (SSSR count). The number of aryl methyl sites for hydroxylation is 2. The van der Waals surface area contributed by atoms with Crippen LogP contribution in [0.3, 0.4) is 0 Å². The van der Waals surface area contributed by atoms with Crippen LogP contribution in [0, 0.1) is 19.8 Å². The third-order valence-corrected chi connectivity index (χ3v) is 4.56.